The molecule has 1 aliphatic heterocycles. The Balaban J connectivity index is 1.69. The zero-order valence-corrected chi connectivity index (χ0v) is 13.4. The van der Waals surface area contributed by atoms with Gasteiger partial charge in [-0.1, -0.05) is 12.1 Å². The molecule has 22 heavy (non-hydrogen) atoms. The average Bonchev–Trinajstić information content (AvgIpc) is 2.82. The second kappa shape index (κ2) is 6.01. The van der Waals surface area contributed by atoms with E-state index in [1.807, 2.05) is 40.8 Å². The maximum atomic E-state index is 12.5. The van der Waals surface area contributed by atoms with E-state index in [1.165, 1.54) is 0 Å². The highest BCUT2D eigenvalue weighted by Crippen LogP contribution is 2.22. The minimum Gasteiger partial charge on any atom is -0.497 e. The summed E-state index contributed by atoms with van der Waals surface area (Å²) in [6.07, 6.45) is 1.15. The van der Waals surface area contributed by atoms with Crippen molar-refractivity contribution in [3.8, 4) is 5.75 Å². The molecular weight excluding hydrogens is 302 g/mol. The molecule has 1 aromatic heterocycles. The lowest BCUT2D eigenvalue weighted by molar-refractivity contribution is -0.131. The number of methoxy groups -OCH3 is 1. The number of hydrogen-bond donors (Lipinski definition) is 0. The number of hydrogen-bond acceptors (Lipinski definition) is 3. The van der Waals surface area contributed by atoms with Crippen LogP contribution in [0.3, 0.4) is 0 Å². The summed E-state index contributed by atoms with van der Waals surface area (Å²) < 4.78 is 6.98. The number of fused-ring (bicyclic) bond motifs is 1. The van der Waals surface area contributed by atoms with E-state index in [0.29, 0.717) is 24.8 Å². The van der Waals surface area contributed by atoms with Crippen LogP contribution in [-0.2, 0) is 31.2 Å². The normalized spacial score (nSPS) is 13.9. The zero-order valence-electron chi connectivity index (χ0n) is 12.7. The van der Waals surface area contributed by atoms with Crippen molar-refractivity contribution in [3.63, 3.8) is 0 Å². The maximum Gasteiger partial charge on any atom is 0.227 e. The number of nitrogens with zero attached hydrogens (tertiary/aromatic N) is 3. The fourth-order valence-corrected chi connectivity index (χ4v) is 2.90. The molecule has 0 spiro atoms. The second-order valence-electron chi connectivity index (χ2n) is 5.42. The van der Waals surface area contributed by atoms with Crippen molar-refractivity contribution >= 4 is 17.5 Å². The predicted molar refractivity (Wildman–Crippen MR) is 84.0 cm³/mol. The van der Waals surface area contributed by atoms with Crippen LogP contribution in [0, 0.1) is 0 Å². The van der Waals surface area contributed by atoms with Crippen LogP contribution in [-0.4, -0.2) is 34.0 Å². The third-order valence-electron chi connectivity index (χ3n) is 4.07. The number of halogens is 1. The van der Waals surface area contributed by atoms with Crippen molar-refractivity contribution < 1.29 is 9.53 Å². The summed E-state index contributed by atoms with van der Waals surface area (Å²) in [7, 11) is 3.51. The first-order valence-electron chi connectivity index (χ1n) is 7.19. The first-order chi connectivity index (χ1) is 10.6. The van der Waals surface area contributed by atoms with Gasteiger partial charge in [0.2, 0.25) is 11.2 Å². The van der Waals surface area contributed by atoms with Gasteiger partial charge >= 0.3 is 0 Å². The number of ether oxygens (including phenoxy) is 1. The number of carbonyl (C=O) groups is 1. The average molecular weight is 320 g/mol. The standard InChI is InChI=1S/C16H18ClN3O2/c1-19-14-10-20(8-7-13(14)18-16(19)17)15(21)9-11-3-5-12(22-2)6-4-11/h3-6H,7-10H2,1-2H3. The Morgan fingerprint density at radius 1 is 1.36 bits per heavy atom. The van der Waals surface area contributed by atoms with Crippen molar-refractivity contribution in [1.29, 1.82) is 0 Å². The van der Waals surface area contributed by atoms with Crippen LogP contribution in [0.4, 0.5) is 0 Å². The van der Waals surface area contributed by atoms with Gasteiger partial charge in [0.25, 0.3) is 0 Å². The summed E-state index contributed by atoms with van der Waals surface area (Å²) in [5.41, 5.74) is 3.01. The number of carbonyl (C=O) groups excluding carboxylic acids is 1. The molecule has 0 unspecified atom stereocenters. The van der Waals surface area contributed by atoms with E-state index in [2.05, 4.69) is 4.98 Å². The van der Waals surface area contributed by atoms with Gasteiger partial charge in [-0.05, 0) is 29.3 Å². The zero-order chi connectivity index (χ0) is 15.7. The molecule has 2 aromatic rings. The Hall–Kier alpha value is -2.01. The lowest BCUT2D eigenvalue weighted by Gasteiger charge is -2.27. The van der Waals surface area contributed by atoms with E-state index in [1.54, 1.807) is 7.11 Å². The quantitative estimate of drug-likeness (QED) is 0.871. The molecule has 5 nitrogen and oxygen atoms in total. The smallest absolute Gasteiger partial charge is 0.227 e. The highest BCUT2D eigenvalue weighted by Gasteiger charge is 2.25. The first kappa shape index (κ1) is 14.9. The Bertz CT molecular complexity index is 694. The van der Waals surface area contributed by atoms with Crippen LogP contribution in [0.2, 0.25) is 5.28 Å². The minimum absolute atomic E-state index is 0.119. The Morgan fingerprint density at radius 3 is 2.77 bits per heavy atom. The van der Waals surface area contributed by atoms with E-state index >= 15 is 0 Å². The highest BCUT2D eigenvalue weighted by molar-refractivity contribution is 6.28. The number of rotatable bonds is 3. The minimum atomic E-state index is 0.119. The number of aromatic nitrogens is 2. The molecule has 0 aliphatic carbocycles. The van der Waals surface area contributed by atoms with Crippen molar-refractivity contribution in [3.05, 3.63) is 46.5 Å². The first-order valence-corrected chi connectivity index (χ1v) is 7.57. The molecule has 0 atom stereocenters. The highest BCUT2D eigenvalue weighted by atomic mass is 35.5. The molecule has 0 saturated heterocycles. The molecule has 116 valence electrons. The van der Waals surface area contributed by atoms with Crippen LogP contribution < -0.4 is 4.74 Å². The van der Waals surface area contributed by atoms with E-state index in [9.17, 15) is 4.79 Å². The van der Waals surface area contributed by atoms with E-state index in [-0.39, 0.29) is 5.91 Å². The Morgan fingerprint density at radius 2 is 2.09 bits per heavy atom. The molecule has 6 heteroatoms. The van der Waals surface area contributed by atoms with Gasteiger partial charge in [0, 0.05) is 20.0 Å². The van der Waals surface area contributed by atoms with Crippen molar-refractivity contribution in [2.45, 2.75) is 19.4 Å². The molecule has 0 radical (unpaired) electrons. The third kappa shape index (κ3) is 2.81. The van der Waals surface area contributed by atoms with Crippen LogP contribution in [0.1, 0.15) is 17.0 Å². The molecule has 1 aromatic carbocycles. The summed E-state index contributed by atoms with van der Waals surface area (Å²) >= 11 is 6.04. The van der Waals surface area contributed by atoms with Crippen molar-refractivity contribution in [2.75, 3.05) is 13.7 Å². The third-order valence-corrected chi connectivity index (χ3v) is 4.41. The van der Waals surface area contributed by atoms with Crippen molar-refractivity contribution in [1.82, 2.24) is 14.5 Å². The lowest BCUT2D eigenvalue weighted by atomic mass is 10.1. The number of benzene rings is 1. The summed E-state index contributed by atoms with van der Waals surface area (Å²) in [5, 5.41) is 0.481. The molecule has 3 rings (SSSR count). The number of imidazole rings is 1. The lowest BCUT2D eigenvalue weighted by Crippen LogP contribution is -2.37. The molecule has 1 aliphatic rings. The molecule has 0 bridgehead atoms. The Kier molecular flexibility index (Phi) is 4.07. The molecule has 2 heterocycles. The second-order valence-corrected chi connectivity index (χ2v) is 5.76. The fraction of sp³-hybridized carbons (Fsp3) is 0.375. The Labute approximate surface area is 134 Å². The summed E-state index contributed by atoms with van der Waals surface area (Å²) in [5.74, 6) is 0.913. The van der Waals surface area contributed by atoms with Gasteiger partial charge in [0.1, 0.15) is 5.75 Å². The van der Waals surface area contributed by atoms with Crippen molar-refractivity contribution in [2.24, 2.45) is 7.05 Å². The summed E-state index contributed by atoms with van der Waals surface area (Å²) in [4.78, 5) is 18.7. The number of amides is 1. The summed E-state index contributed by atoms with van der Waals surface area (Å²) in [6.45, 7) is 1.26. The van der Waals surface area contributed by atoms with Gasteiger partial charge in [-0.25, -0.2) is 4.98 Å². The monoisotopic (exact) mass is 319 g/mol. The van der Waals surface area contributed by atoms with Gasteiger partial charge in [0.15, 0.2) is 0 Å². The van der Waals surface area contributed by atoms with Gasteiger partial charge in [-0.3, -0.25) is 4.79 Å². The topological polar surface area (TPSA) is 47.4 Å². The van der Waals surface area contributed by atoms with E-state index in [4.69, 9.17) is 16.3 Å². The largest absolute Gasteiger partial charge is 0.497 e. The molecule has 0 fully saturated rings. The molecule has 0 N–H and O–H groups in total. The van der Waals surface area contributed by atoms with Gasteiger partial charge in [-0.15, -0.1) is 0 Å². The van der Waals surface area contributed by atoms with Gasteiger partial charge in [0.05, 0.1) is 31.5 Å². The molecular formula is C16H18ClN3O2. The fourth-order valence-electron chi connectivity index (χ4n) is 2.70. The summed E-state index contributed by atoms with van der Waals surface area (Å²) in [6, 6.07) is 7.59. The maximum absolute atomic E-state index is 12.5. The van der Waals surface area contributed by atoms with Crippen LogP contribution in [0.15, 0.2) is 24.3 Å². The van der Waals surface area contributed by atoms with Crippen LogP contribution in [0.5, 0.6) is 5.75 Å². The molecule has 1 amide bonds. The SMILES string of the molecule is COc1ccc(CC(=O)N2CCc3nc(Cl)n(C)c3C2)cc1. The molecule has 0 saturated carbocycles. The van der Waals surface area contributed by atoms with Gasteiger partial charge in [-0.2, -0.15) is 0 Å². The predicted octanol–water partition coefficient (Wildman–Crippen LogP) is 2.21. The van der Waals surface area contributed by atoms with E-state index < -0.39 is 0 Å². The van der Waals surface area contributed by atoms with Crippen LogP contribution in [0.25, 0.3) is 0 Å². The van der Waals surface area contributed by atoms with Gasteiger partial charge < -0.3 is 14.2 Å². The van der Waals surface area contributed by atoms with E-state index in [0.717, 1.165) is 29.1 Å². The van der Waals surface area contributed by atoms with Crippen LogP contribution >= 0.6 is 11.6 Å².